The number of likely N-dealkylation sites (tertiary alicyclic amines) is 2. The van der Waals surface area contributed by atoms with Crippen LogP contribution in [0.1, 0.15) is 37.4 Å². The van der Waals surface area contributed by atoms with E-state index in [1.165, 1.54) is 0 Å². The fourth-order valence-corrected chi connectivity index (χ4v) is 5.50. The number of piperidine rings is 1. The summed E-state index contributed by atoms with van der Waals surface area (Å²) in [5.41, 5.74) is 3.59. The van der Waals surface area contributed by atoms with E-state index in [4.69, 9.17) is 14.5 Å². The van der Waals surface area contributed by atoms with Crippen LogP contribution >= 0.6 is 0 Å². The molecular formula is C26H29N5O4. The van der Waals surface area contributed by atoms with E-state index in [-0.39, 0.29) is 12.8 Å². The third-order valence-corrected chi connectivity index (χ3v) is 7.36. The maximum absolute atomic E-state index is 11.5. The number of aromatic amines is 1. The lowest BCUT2D eigenvalue weighted by molar-refractivity contribution is 0.117. The van der Waals surface area contributed by atoms with Gasteiger partial charge in [0.2, 0.25) is 6.79 Å². The molecule has 1 atom stereocenters. The van der Waals surface area contributed by atoms with E-state index < -0.39 is 6.09 Å². The lowest BCUT2D eigenvalue weighted by Gasteiger charge is -2.34. The summed E-state index contributed by atoms with van der Waals surface area (Å²) in [5, 5.41) is 9.45. The number of carboxylic acid groups (broad SMARTS) is 1. The van der Waals surface area contributed by atoms with Gasteiger partial charge in [-0.1, -0.05) is 6.07 Å². The number of H-pyrrole nitrogens is 1. The molecule has 0 spiro atoms. The molecule has 3 aromatic rings. The van der Waals surface area contributed by atoms with E-state index in [2.05, 4.69) is 14.9 Å². The van der Waals surface area contributed by atoms with Gasteiger partial charge in [-0.05, 0) is 69.1 Å². The average molecular weight is 476 g/mol. The number of fused-ring (bicyclic) bond motifs is 1. The van der Waals surface area contributed by atoms with Crippen molar-refractivity contribution in [3.8, 4) is 34.1 Å². The van der Waals surface area contributed by atoms with Crippen LogP contribution in [0.5, 0.6) is 11.5 Å². The molecule has 9 nitrogen and oxygen atoms in total. The number of hydrogen-bond donors (Lipinski definition) is 2. The Kier molecular flexibility index (Phi) is 5.77. The normalized spacial score (nSPS) is 20.5. The number of nitrogens with one attached hydrogen (secondary N) is 1. The van der Waals surface area contributed by atoms with Crippen LogP contribution in [0, 0.1) is 0 Å². The zero-order valence-corrected chi connectivity index (χ0v) is 19.5. The third-order valence-electron chi connectivity index (χ3n) is 7.36. The van der Waals surface area contributed by atoms with Gasteiger partial charge < -0.3 is 29.4 Å². The first-order valence-electron chi connectivity index (χ1n) is 12.3. The summed E-state index contributed by atoms with van der Waals surface area (Å²) in [6.45, 7) is 3.59. The predicted molar refractivity (Wildman–Crippen MR) is 130 cm³/mol. The highest BCUT2D eigenvalue weighted by molar-refractivity contribution is 5.78. The minimum absolute atomic E-state index is 0.112. The van der Waals surface area contributed by atoms with Gasteiger partial charge in [-0.15, -0.1) is 0 Å². The van der Waals surface area contributed by atoms with E-state index in [0.717, 1.165) is 85.3 Å². The van der Waals surface area contributed by atoms with Gasteiger partial charge in [0.1, 0.15) is 5.82 Å². The summed E-state index contributed by atoms with van der Waals surface area (Å²) in [7, 11) is 0. The molecule has 2 N–H and O–H groups in total. The minimum atomic E-state index is -0.795. The second kappa shape index (κ2) is 9.22. The molecule has 2 saturated heterocycles. The lowest BCUT2D eigenvalue weighted by Crippen LogP contribution is -2.45. The van der Waals surface area contributed by atoms with Gasteiger partial charge in [-0.25, -0.2) is 9.78 Å². The summed E-state index contributed by atoms with van der Waals surface area (Å²) in [4.78, 5) is 28.7. The van der Waals surface area contributed by atoms with E-state index in [1.54, 1.807) is 11.1 Å². The fraction of sp³-hybridized carbons (Fsp3) is 0.423. The van der Waals surface area contributed by atoms with Crippen molar-refractivity contribution in [1.82, 2.24) is 24.8 Å². The third kappa shape index (κ3) is 4.32. The summed E-state index contributed by atoms with van der Waals surface area (Å²) < 4.78 is 11.1. The van der Waals surface area contributed by atoms with Gasteiger partial charge in [-0.3, -0.25) is 4.98 Å². The van der Waals surface area contributed by atoms with Gasteiger partial charge in [-0.2, -0.15) is 0 Å². The first-order valence-corrected chi connectivity index (χ1v) is 12.3. The maximum Gasteiger partial charge on any atom is 0.407 e. The SMILES string of the molecule is O=C(O)N1CCCC1CN1CCC(c2nc(-c3ccc4c(c3)OCO4)c(-c3ccccn3)[nH]2)CC1. The largest absolute Gasteiger partial charge is 0.465 e. The molecule has 9 heteroatoms. The van der Waals surface area contributed by atoms with Crippen molar-refractivity contribution in [3.63, 3.8) is 0 Å². The molecule has 35 heavy (non-hydrogen) atoms. The molecule has 182 valence electrons. The Morgan fingerprint density at radius 2 is 1.94 bits per heavy atom. The molecule has 3 aliphatic rings. The van der Waals surface area contributed by atoms with Crippen molar-refractivity contribution >= 4 is 6.09 Å². The van der Waals surface area contributed by atoms with Crippen molar-refractivity contribution in [2.24, 2.45) is 0 Å². The molecule has 0 bridgehead atoms. The van der Waals surface area contributed by atoms with Crippen LogP contribution in [-0.2, 0) is 0 Å². The number of hydrogen-bond acceptors (Lipinski definition) is 6. The molecule has 2 aromatic heterocycles. The van der Waals surface area contributed by atoms with Crippen molar-refractivity contribution in [2.75, 3.05) is 33.0 Å². The summed E-state index contributed by atoms with van der Waals surface area (Å²) in [6.07, 6.45) is 4.87. The van der Waals surface area contributed by atoms with E-state index >= 15 is 0 Å². The number of benzene rings is 1. The highest BCUT2D eigenvalue weighted by Gasteiger charge is 2.32. The topological polar surface area (TPSA) is 104 Å². The molecule has 0 radical (unpaired) electrons. The fourth-order valence-electron chi connectivity index (χ4n) is 5.50. The number of amides is 1. The van der Waals surface area contributed by atoms with E-state index in [0.29, 0.717) is 12.5 Å². The van der Waals surface area contributed by atoms with Crippen molar-refractivity contribution in [1.29, 1.82) is 0 Å². The molecule has 2 fully saturated rings. The monoisotopic (exact) mass is 475 g/mol. The molecule has 0 saturated carbocycles. The number of ether oxygens (including phenoxy) is 2. The smallest absolute Gasteiger partial charge is 0.407 e. The quantitative estimate of drug-likeness (QED) is 0.570. The van der Waals surface area contributed by atoms with Crippen LogP contribution in [0.4, 0.5) is 4.79 Å². The van der Waals surface area contributed by atoms with Crippen LogP contribution in [0.3, 0.4) is 0 Å². The van der Waals surface area contributed by atoms with Crippen LogP contribution in [0.2, 0.25) is 0 Å². The average Bonchev–Trinajstić information content (AvgIpc) is 3.64. The van der Waals surface area contributed by atoms with Gasteiger partial charge in [0.05, 0.1) is 17.1 Å². The molecular weight excluding hydrogens is 446 g/mol. The van der Waals surface area contributed by atoms with Crippen LogP contribution < -0.4 is 9.47 Å². The number of aromatic nitrogens is 3. The predicted octanol–water partition coefficient (Wildman–Crippen LogP) is 4.19. The molecule has 6 rings (SSSR count). The van der Waals surface area contributed by atoms with Crippen molar-refractivity contribution in [2.45, 2.75) is 37.6 Å². The zero-order valence-electron chi connectivity index (χ0n) is 19.5. The van der Waals surface area contributed by atoms with Crippen LogP contribution in [-0.4, -0.2) is 75.0 Å². The summed E-state index contributed by atoms with van der Waals surface area (Å²) in [5.74, 6) is 2.77. The molecule has 1 aromatic carbocycles. The number of imidazole rings is 1. The summed E-state index contributed by atoms with van der Waals surface area (Å²) in [6, 6.07) is 11.9. The molecule has 1 amide bonds. The number of carbonyl (C=O) groups is 1. The Hall–Kier alpha value is -3.59. The number of rotatable bonds is 5. The first kappa shape index (κ1) is 21.9. The summed E-state index contributed by atoms with van der Waals surface area (Å²) >= 11 is 0. The Morgan fingerprint density at radius 1 is 1.09 bits per heavy atom. The van der Waals surface area contributed by atoms with Gasteiger partial charge in [0, 0.05) is 36.8 Å². The Bertz CT molecular complexity index is 1210. The number of pyridine rings is 1. The van der Waals surface area contributed by atoms with Gasteiger partial charge in [0.15, 0.2) is 11.5 Å². The minimum Gasteiger partial charge on any atom is -0.465 e. The van der Waals surface area contributed by atoms with Gasteiger partial charge in [0.25, 0.3) is 0 Å². The maximum atomic E-state index is 11.5. The highest BCUT2D eigenvalue weighted by atomic mass is 16.7. The zero-order chi connectivity index (χ0) is 23.8. The van der Waals surface area contributed by atoms with Crippen LogP contribution in [0.15, 0.2) is 42.6 Å². The lowest BCUT2D eigenvalue weighted by atomic mass is 9.95. The van der Waals surface area contributed by atoms with Crippen molar-refractivity contribution in [3.05, 3.63) is 48.4 Å². The Morgan fingerprint density at radius 3 is 2.74 bits per heavy atom. The Balaban J connectivity index is 1.22. The molecule has 5 heterocycles. The molecule has 0 aliphatic carbocycles. The van der Waals surface area contributed by atoms with E-state index in [9.17, 15) is 9.90 Å². The van der Waals surface area contributed by atoms with Crippen LogP contribution in [0.25, 0.3) is 22.6 Å². The second-order valence-corrected chi connectivity index (χ2v) is 9.48. The highest BCUT2D eigenvalue weighted by Crippen LogP contribution is 2.39. The van der Waals surface area contributed by atoms with E-state index in [1.807, 2.05) is 36.4 Å². The van der Waals surface area contributed by atoms with Crippen molar-refractivity contribution < 1.29 is 19.4 Å². The number of nitrogens with zero attached hydrogens (tertiary/aromatic N) is 4. The van der Waals surface area contributed by atoms with Gasteiger partial charge >= 0.3 is 6.09 Å². The first-order chi connectivity index (χ1) is 17.2. The second-order valence-electron chi connectivity index (χ2n) is 9.48. The Labute approximate surface area is 203 Å². The molecule has 1 unspecified atom stereocenters. The standard InChI is InChI=1S/C26H29N5O4/c32-26(33)31-11-3-4-19(31)15-30-12-8-17(9-13-30)25-28-23(24(29-25)20-5-1-2-10-27-20)18-6-7-21-22(14-18)35-16-34-21/h1-2,5-7,10,14,17,19H,3-4,8-9,11-13,15-16H2,(H,28,29)(H,32,33). The molecule has 3 aliphatic heterocycles.